The van der Waals surface area contributed by atoms with Crippen LogP contribution in [-0.4, -0.2) is 84.9 Å². The van der Waals surface area contributed by atoms with Gasteiger partial charge in [-0.1, -0.05) is 0 Å². The second kappa shape index (κ2) is 8.43. The van der Waals surface area contributed by atoms with Crippen molar-refractivity contribution < 1.29 is 28.7 Å². The fraction of sp³-hybridized carbons (Fsp3) is 0.500. The van der Waals surface area contributed by atoms with Crippen LogP contribution in [0.25, 0.3) is 0 Å². The van der Waals surface area contributed by atoms with E-state index >= 15 is 0 Å². The maximum Gasteiger partial charge on any atom is 0.355 e. The van der Waals surface area contributed by atoms with Crippen LogP contribution in [0, 0.1) is 0 Å². The summed E-state index contributed by atoms with van der Waals surface area (Å²) < 4.78 is 10.1. The molecule has 0 aromatic carbocycles. The highest BCUT2D eigenvalue weighted by Gasteiger charge is 2.21. The maximum atomic E-state index is 12.1. The molecule has 0 radical (unpaired) electrons. The Morgan fingerprint density at radius 3 is 2.56 bits per heavy atom. The highest BCUT2D eigenvalue weighted by Crippen LogP contribution is 2.06. The quantitative estimate of drug-likeness (QED) is 0.556. The van der Waals surface area contributed by atoms with E-state index in [4.69, 9.17) is 9.47 Å². The number of rotatable bonds is 6. The van der Waals surface area contributed by atoms with Crippen LogP contribution in [0.15, 0.2) is 12.3 Å². The third-order valence-electron chi connectivity index (χ3n) is 3.80. The number of amides is 2. The number of H-pyrrole nitrogens is 1. The van der Waals surface area contributed by atoms with Crippen LogP contribution < -0.4 is 0 Å². The Hall–Kier alpha value is -2.68. The van der Waals surface area contributed by atoms with Crippen molar-refractivity contribution in [2.75, 3.05) is 46.5 Å². The lowest BCUT2D eigenvalue weighted by Gasteiger charge is -2.28. The van der Waals surface area contributed by atoms with E-state index in [9.17, 15) is 19.2 Å². The standard InChI is InChI=1S/C16H21N3O6/c1-11(20)12-7-13(17-8-12)16(23)25-10-15(22)18(2)9-14(21)19-3-5-24-6-4-19/h7-8,17H,3-6,9-10H2,1-2H3. The Bertz CT molecular complexity index is 663. The van der Waals surface area contributed by atoms with Gasteiger partial charge in [0.2, 0.25) is 5.91 Å². The van der Waals surface area contributed by atoms with Crippen molar-refractivity contribution in [3.05, 3.63) is 23.5 Å². The summed E-state index contributed by atoms with van der Waals surface area (Å²) in [4.78, 5) is 52.6. The number of likely N-dealkylation sites (N-methyl/N-ethyl adjacent to an activating group) is 1. The van der Waals surface area contributed by atoms with Gasteiger partial charge in [0.25, 0.3) is 5.91 Å². The molecule has 1 aliphatic heterocycles. The smallest absolute Gasteiger partial charge is 0.355 e. The van der Waals surface area contributed by atoms with E-state index in [0.717, 1.165) is 0 Å². The van der Waals surface area contributed by atoms with E-state index in [1.165, 1.54) is 31.1 Å². The minimum Gasteiger partial charge on any atom is -0.451 e. The van der Waals surface area contributed by atoms with Gasteiger partial charge in [-0.15, -0.1) is 0 Å². The first-order chi connectivity index (χ1) is 11.9. The molecule has 1 aromatic rings. The van der Waals surface area contributed by atoms with Gasteiger partial charge in [0, 0.05) is 31.9 Å². The van der Waals surface area contributed by atoms with Crippen molar-refractivity contribution >= 4 is 23.6 Å². The Balaban J connectivity index is 1.79. The van der Waals surface area contributed by atoms with Crippen LogP contribution >= 0.6 is 0 Å². The van der Waals surface area contributed by atoms with Gasteiger partial charge in [0.05, 0.1) is 19.8 Å². The van der Waals surface area contributed by atoms with Gasteiger partial charge in [0.1, 0.15) is 5.69 Å². The SMILES string of the molecule is CC(=O)c1c[nH]c(C(=O)OCC(=O)N(C)CC(=O)N2CCOCC2)c1. The van der Waals surface area contributed by atoms with Crippen molar-refractivity contribution in [1.82, 2.24) is 14.8 Å². The first kappa shape index (κ1) is 18.7. The predicted octanol–water partition coefficient (Wildman–Crippen LogP) is -0.309. The normalized spacial score (nSPS) is 14.1. The molecule has 0 bridgehead atoms. The Labute approximate surface area is 144 Å². The number of Topliss-reactive ketones (excluding diaryl/α,β-unsaturated/α-hetero) is 1. The summed E-state index contributed by atoms with van der Waals surface area (Å²) in [6.45, 7) is 2.77. The van der Waals surface area contributed by atoms with Crippen LogP contribution in [0.1, 0.15) is 27.8 Å². The van der Waals surface area contributed by atoms with Crippen molar-refractivity contribution in [2.45, 2.75) is 6.92 Å². The number of aromatic amines is 1. The van der Waals surface area contributed by atoms with Crippen LogP contribution in [-0.2, 0) is 19.1 Å². The highest BCUT2D eigenvalue weighted by molar-refractivity contribution is 5.97. The molecule has 1 aromatic heterocycles. The zero-order chi connectivity index (χ0) is 18.4. The molecule has 1 saturated heterocycles. The molecule has 2 rings (SSSR count). The fourth-order valence-corrected chi connectivity index (χ4v) is 2.23. The van der Waals surface area contributed by atoms with Crippen molar-refractivity contribution in [2.24, 2.45) is 0 Å². The summed E-state index contributed by atoms with van der Waals surface area (Å²) in [5, 5.41) is 0. The number of esters is 1. The predicted molar refractivity (Wildman–Crippen MR) is 86.1 cm³/mol. The largest absolute Gasteiger partial charge is 0.451 e. The number of nitrogens with one attached hydrogen (secondary N) is 1. The number of carbonyl (C=O) groups is 4. The molecular weight excluding hydrogens is 330 g/mol. The first-order valence-electron chi connectivity index (χ1n) is 7.84. The van der Waals surface area contributed by atoms with E-state index in [0.29, 0.717) is 31.9 Å². The number of nitrogens with zero attached hydrogens (tertiary/aromatic N) is 2. The van der Waals surface area contributed by atoms with Gasteiger partial charge >= 0.3 is 5.97 Å². The monoisotopic (exact) mass is 351 g/mol. The molecule has 0 aliphatic carbocycles. The van der Waals surface area contributed by atoms with Crippen LogP contribution in [0.3, 0.4) is 0 Å². The zero-order valence-corrected chi connectivity index (χ0v) is 14.2. The van der Waals surface area contributed by atoms with Gasteiger partial charge in [-0.2, -0.15) is 0 Å². The molecule has 136 valence electrons. The van der Waals surface area contributed by atoms with E-state index in [1.54, 1.807) is 4.90 Å². The third-order valence-corrected chi connectivity index (χ3v) is 3.80. The molecule has 1 fully saturated rings. The Kier molecular flexibility index (Phi) is 6.29. The summed E-state index contributed by atoms with van der Waals surface area (Å²) >= 11 is 0. The third kappa shape index (κ3) is 5.15. The minimum atomic E-state index is -0.742. The van der Waals surface area contributed by atoms with Crippen molar-refractivity contribution in [1.29, 1.82) is 0 Å². The lowest BCUT2D eigenvalue weighted by molar-refractivity contribution is -0.143. The maximum absolute atomic E-state index is 12.1. The summed E-state index contributed by atoms with van der Waals surface area (Å²) in [5.74, 6) is -1.60. The molecule has 0 unspecified atom stereocenters. The molecule has 1 N–H and O–H groups in total. The molecule has 0 atom stereocenters. The number of ether oxygens (including phenoxy) is 2. The molecule has 2 heterocycles. The molecular formula is C16H21N3O6. The Morgan fingerprint density at radius 1 is 1.28 bits per heavy atom. The second-order valence-electron chi connectivity index (χ2n) is 5.68. The zero-order valence-electron chi connectivity index (χ0n) is 14.2. The summed E-state index contributed by atoms with van der Waals surface area (Å²) in [6, 6.07) is 1.36. The molecule has 0 saturated carbocycles. The fourth-order valence-electron chi connectivity index (χ4n) is 2.23. The number of hydrogen-bond donors (Lipinski definition) is 1. The van der Waals surface area contributed by atoms with E-state index in [-0.39, 0.29) is 23.9 Å². The number of hydrogen-bond acceptors (Lipinski definition) is 6. The molecule has 9 nitrogen and oxygen atoms in total. The first-order valence-corrected chi connectivity index (χ1v) is 7.84. The molecule has 25 heavy (non-hydrogen) atoms. The lowest BCUT2D eigenvalue weighted by Crippen LogP contribution is -2.46. The van der Waals surface area contributed by atoms with Gasteiger partial charge in [-0.3, -0.25) is 14.4 Å². The molecule has 0 spiro atoms. The molecule has 9 heteroatoms. The summed E-state index contributed by atoms with van der Waals surface area (Å²) in [7, 11) is 1.47. The summed E-state index contributed by atoms with van der Waals surface area (Å²) in [6.07, 6.45) is 1.40. The van der Waals surface area contributed by atoms with Gasteiger partial charge < -0.3 is 24.3 Å². The minimum absolute atomic E-state index is 0.0880. The number of ketones is 1. The molecule has 1 aliphatic rings. The van der Waals surface area contributed by atoms with Gasteiger partial charge in [-0.05, 0) is 13.0 Å². The van der Waals surface area contributed by atoms with E-state index in [1.807, 2.05) is 0 Å². The van der Waals surface area contributed by atoms with Crippen LogP contribution in [0.5, 0.6) is 0 Å². The van der Waals surface area contributed by atoms with Crippen LogP contribution in [0.2, 0.25) is 0 Å². The van der Waals surface area contributed by atoms with Crippen LogP contribution in [0.4, 0.5) is 0 Å². The van der Waals surface area contributed by atoms with Gasteiger partial charge in [0.15, 0.2) is 12.4 Å². The topological polar surface area (TPSA) is 109 Å². The number of morpholine rings is 1. The van der Waals surface area contributed by atoms with Crippen molar-refractivity contribution in [3.63, 3.8) is 0 Å². The second-order valence-corrected chi connectivity index (χ2v) is 5.68. The summed E-state index contributed by atoms with van der Waals surface area (Å²) in [5.41, 5.74) is 0.441. The van der Waals surface area contributed by atoms with Gasteiger partial charge in [-0.25, -0.2) is 4.79 Å². The highest BCUT2D eigenvalue weighted by atomic mass is 16.5. The molecule has 2 amide bonds. The van der Waals surface area contributed by atoms with E-state index < -0.39 is 18.5 Å². The lowest BCUT2D eigenvalue weighted by atomic mass is 10.2. The average molecular weight is 351 g/mol. The number of aromatic nitrogens is 1. The number of carbonyl (C=O) groups excluding carboxylic acids is 4. The van der Waals surface area contributed by atoms with E-state index in [2.05, 4.69) is 4.98 Å². The Morgan fingerprint density at radius 2 is 1.96 bits per heavy atom. The average Bonchev–Trinajstić information content (AvgIpc) is 3.10. The van der Waals surface area contributed by atoms with Crippen molar-refractivity contribution in [3.8, 4) is 0 Å².